The van der Waals surface area contributed by atoms with Gasteiger partial charge in [0, 0.05) is 29.6 Å². The lowest BCUT2D eigenvalue weighted by Crippen LogP contribution is -2.28. The molecule has 0 radical (unpaired) electrons. The third-order valence-electron chi connectivity index (χ3n) is 4.88. The van der Waals surface area contributed by atoms with Crippen molar-refractivity contribution in [3.63, 3.8) is 0 Å². The number of rotatable bonds is 9. The summed E-state index contributed by atoms with van der Waals surface area (Å²) in [6.45, 7) is 9.23. The van der Waals surface area contributed by atoms with Crippen LogP contribution in [-0.4, -0.2) is 40.3 Å². The van der Waals surface area contributed by atoms with E-state index in [9.17, 15) is 9.59 Å². The molecule has 2 aromatic heterocycles. The van der Waals surface area contributed by atoms with E-state index in [0.717, 1.165) is 34.0 Å². The molecule has 2 heterocycles. The van der Waals surface area contributed by atoms with Crippen molar-refractivity contribution in [2.75, 3.05) is 19.8 Å². The van der Waals surface area contributed by atoms with Crippen molar-refractivity contribution in [3.8, 4) is 11.5 Å². The van der Waals surface area contributed by atoms with Crippen LogP contribution in [0.2, 0.25) is 0 Å². The van der Waals surface area contributed by atoms with Crippen molar-refractivity contribution < 1.29 is 14.3 Å². The number of aryl methyl sites for hydroxylation is 2. The van der Waals surface area contributed by atoms with Crippen LogP contribution in [0.5, 0.6) is 11.5 Å². The van der Waals surface area contributed by atoms with Crippen LogP contribution in [0.4, 0.5) is 0 Å². The topological polar surface area (TPSA) is 97.7 Å². The lowest BCUT2D eigenvalue weighted by molar-refractivity contribution is -0.120. The van der Waals surface area contributed by atoms with E-state index in [1.165, 1.54) is 6.07 Å². The number of aromatic nitrogens is 3. The van der Waals surface area contributed by atoms with Crippen LogP contribution in [0.15, 0.2) is 29.1 Å². The Morgan fingerprint density at radius 2 is 1.87 bits per heavy atom. The molecule has 8 heteroatoms. The fourth-order valence-electron chi connectivity index (χ4n) is 3.43. The monoisotopic (exact) mass is 412 g/mol. The maximum atomic E-state index is 12.5. The van der Waals surface area contributed by atoms with E-state index in [-0.39, 0.29) is 17.9 Å². The Hall–Kier alpha value is -3.29. The molecule has 1 amide bonds. The molecule has 0 aliphatic rings. The van der Waals surface area contributed by atoms with E-state index < -0.39 is 0 Å². The number of benzene rings is 1. The fraction of sp³-hybridized carbons (Fsp3) is 0.409. The molecule has 0 saturated heterocycles. The maximum absolute atomic E-state index is 12.5. The van der Waals surface area contributed by atoms with E-state index in [2.05, 4.69) is 15.4 Å². The number of nitrogens with one attached hydrogen (secondary N) is 2. The number of amides is 1. The van der Waals surface area contributed by atoms with E-state index in [1.54, 1.807) is 4.52 Å². The van der Waals surface area contributed by atoms with E-state index in [0.29, 0.717) is 31.8 Å². The highest BCUT2D eigenvalue weighted by Crippen LogP contribution is 2.28. The molecule has 1 aromatic carbocycles. The Morgan fingerprint density at radius 1 is 1.13 bits per heavy atom. The van der Waals surface area contributed by atoms with E-state index in [4.69, 9.17) is 9.47 Å². The first kappa shape index (κ1) is 21.4. The average molecular weight is 412 g/mol. The molecule has 0 spiro atoms. The van der Waals surface area contributed by atoms with Gasteiger partial charge < -0.3 is 14.8 Å². The Labute approximate surface area is 175 Å². The molecule has 2 N–H and O–H groups in total. The van der Waals surface area contributed by atoms with Crippen molar-refractivity contribution in [2.24, 2.45) is 0 Å². The summed E-state index contributed by atoms with van der Waals surface area (Å²) in [5.41, 5.74) is 3.76. The smallest absolute Gasteiger partial charge is 0.266 e. The third kappa shape index (κ3) is 4.82. The quantitative estimate of drug-likeness (QED) is 0.562. The molecule has 0 fully saturated rings. The molecule has 0 atom stereocenters. The first-order valence-corrected chi connectivity index (χ1v) is 10.2. The molecule has 30 heavy (non-hydrogen) atoms. The minimum Gasteiger partial charge on any atom is -0.490 e. The summed E-state index contributed by atoms with van der Waals surface area (Å²) in [5, 5.41) is 5.66. The lowest BCUT2D eigenvalue weighted by Gasteiger charge is -2.13. The number of carbonyl (C=O) groups is 1. The highest BCUT2D eigenvalue weighted by atomic mass is 16.5. The molecule has 0 bridgehead atoms. The summed E-state index contributed by atoms with van der Waals surface area (Å²) in [7, 11) is 0. The molecule has 0 unspecified atom stereocenters. The van der Waals surface area contributed by atoms with Crippen molar-refractivity contribution in [2.45, 2.75) is 40.5 Å². The van der Waals surface area contributed by atoms with Gasteiger partial charge in [0.25, 0.3) is 5.56 Å². The van der Waals surface area contributed by atoms with Crippen molar-refractivity contribution in [1.29, 1.82) is 0 Å². The first-order valence-electron chi connectivity index (χ1n) is 10.2. The Bertz CT molecular complexity index is 1100. The van der Waals surface area contributed by atoms with Crippen LogP contribution in [0.1, 0.15) is 36.4 Å². The Kier molecular flexibility index (Phi) is 6.76. The van der Waals surface area contributed by atoms with Crippen LogP contribution >= 0.6 is 0 Å². The zero-order valence-corrected chi connectivity index (χ0v) is 17.9. The summed E-state index contributed by atoms with van der Waals surface area (Å²) in [6, 6.07) is 7.28. The van der Waals surface area contributed by atoms with E-state index in [1.807, 2.05) is 45.9 Å². The molecule has 0 aliphatic heterocycles. The molecule has 3 rings (SSSR count). The second kappa shape index (κ2) is 9.47. The average Bonchev–Trinajstić information content (AvgIpc) is 3.08. The summed E-state index contributed by atoms with van der Waals surface area (Å²) >= 11 is 0. The van der Waals surface area contributed by atoms with Gasteiger partial charge in [-0.25, -0.2) is 9.50 Å². The van der Waals surface area contributed by atoms with Crippen molar-refractivity contribution in [1.82, 2.24) is 19.9 Å². The van der Waals surface area contributed by atoms with Gasteiger partial charge >= 0.3 is 0 Å². The molecule has 0 aliphatic carbocycles. The Balaban J connectivity index is 1.62. The zero-order valence-electron chi connectivity index (χ0n) is 17.9. The zero-order chi connectivity index (χ0) is 21.7. The lowest BCUT2D eigenvalue weighted by atomic mass is 10.1. The number of hydrogen-bond donors (Lipinski definition) is 2. The van der Waals surface area contributed by atoms with Gasteiger partial charge in [0.2, 0.25) is 5.91 Å². The van der Waals surface area contributed by atoms with Gasteiger partial charge in [0.05, 0.1) is 19.6 Å². The second-order valence-electron chi connectivity index (χ2n) is 7.00. The molecule has 0 saturated carbocycles. The normalized spacial score (nSPS) is 10.9. The number of nitrogens with zero attached hydrogens (tertiary/aromatic N) is 2. The number of carbonyl (C=O) groups excluding carboxylic acids is 1. The highest BCUT2D eigenvalue weighted by Gasteiger charge is 2.14. The Morgan fingerprint density at radius 3 is 2.60 bits per heavy atom. The number of H-pyrrole nitrogens is 1. The van der Waals surface area contributed by atoms with Crippen LogP contribution in [0, 0.1) is 13.8 Å². The number of ether oxygens (including phenoxy) is 2. The summed E-state index contributed by atoms with van der Waals surface area (Å²) in [4.78, 5) is 28.5. The SMILES string of the molecule is CCOc1ccc(CCNC(=O)Cc2c(C)nc3cc(=O)[nH]n3c2C)cc1OCC. The van der Waals surface area contributed by atoms with Crippen LogP contribution in [-0.2, 0) is 17.6 Å². The van der Waals surface area contributed by atoms with Gasteiger partial charge in [-0.1, -0.05) is 6.07 Å². The van der Waals surface area contributed by atoms with Gasteiger partial charge in [-0.3, -0.25) is 14.7 Å². The maximum Gasteiger partial charge on any atom is 0.266 e. The van der Waals surface area contributed by atoms with Crippen LogP contribution < -0.4 is 20.3 Å². The molecular weight excluding hydrogens is 384 g/mol. The van der Waals surface area contributed by atoms with Crippen LogP contribution in [0.25, 0.3) is 5.65 Å². The largest absolute Gasteiger partial charge is 0.490 e. The van der Waals surface area contributed by atoms with Gasteiger partial charge in [-0.05, 0) is 51.8 Å². The summed E-state index contributed by atoms with van der Waals surface area (Å²) < 4.78 is 12.9. The van der Waals surface area contributed by atoms with E-state index >= 15 is 0 Å². The highest BCUT2D eigenvalue weighted by molar-refractivity contribution is 5.79. The predicted molar refractivity (Wildman–Crippen MR) is 114 cm³/mol. The molecule has 8 nitrogen and oxygen atoms in total. The number of aromatic amines is 1. The second-order valence-corrected chi connectivity index (χ2v) is 7.00. The molecule has 3 aromatic rings. The third-order valence-corrected chi connectivity index (χ3v) is 4.88. The predicted octanol–water partition coefficient (Wildman–Crippen LogP) is 2.34. The molecule has 160 valence electrons. The summed E-state index contributed by atoms with van der Waals surface area (Å²) in [5.74, 6) is 1.35. The van der Waals surface area contributed by atoms with Crippen molar-refractivity contribution in [3.05, 3.63) is 57.1 Å². The van der Waals surface area contributed by atoms with Gasteiger partial charge in [0.1, 0.15) is 0 Å². The van der Waals surface area contributed by atoms with Gasteiger partial charge in [-0.15, -0.1) is 0 Å². The van der Waals surface area contributed by atoms with Gasteiger partial charge in [0.15, 0.2) is 17.1 Å². The molecular formula is C22H28N4O4. The summed E-state index contributed by atoms with van der Waals surface area (Å²) in [6.07, 6.45) is 0.882. The minimum atomic E-state index is -0.214. The number of fused-ring (bicyclic) bond motifs is 1. The minimum absolute atomic E-state index is 0.0900. The standard InChI is InChI=1S/C22H28N4O4/c1-5-29-18-8-7-16(11-19(18)30-6-2)9-10-23-21(27)12-17-14(3)24-20-13-22(28)25-26(20)15(17)4/h7-8,11,13H,5-6,9-10,12H2,1-4H3,(H,23,27)(H,25,28). The van der Waals surface area contributed by atoms with Crippen LogP contribution in [0.3, 0.4) is 0 Å². The number of hydrogen-bond acceptors (Lipinski definition) is 5. The first-order chi connectivity index (χ1) is 14.4. The van der Waals surface area contributed by atoms with Crippen molar-refractivity contribution >= 4 is 11.6 Å². The van der Waals surface area contributed by atoms with Gasteiger partial charge in [-0.2, -0.15) is 0 Å². The fourth-order valence-corrected chi connectivity index (χ4v) is 3.43.